The summed E-state index contributed by atoms with van der Waals surface area (Å²) in [6.45, 7) is 5.83. The molecule has 0 unspecified atom stereocenters. The Hall–Kier alpha value is -0.736. The fraction of sp³-hybridized carbons (Fsp3) is 0.357. The van der Waals surface area contributed by atoms with Gasteiger partial charge in [-0.3, -0.25) is 0 Å². The van der Waals surface area contributed by atoms with Gasteiger partial charge in [-0.1, -0.05) is 5.69 Å². The average molecular weight is 285 g/mol. The van der Waals surface area contributed by atoms with E-state index >= 15 is 0 Å². The van der Waals surface area contributed by atoms with Crippen molar-refractivity contribution in [2.75, 3.05) is 13.2 Å². The van der Waals surface area contributed by atoms with Gasteiger partial charge in [-0.25, -0.2) is 24.3 Å². The summed E-state index contributed by atoms with van der Waals surface area (Å²) >= 11 is 0. The van der Waals surface area contributed by atoms with Crippen LogP contribution in [0.15, 0.2) is 42.6 Å². The predicted octanol–water partition coefficient (Wildman–Crippen LogP) is 2.52. The molecule has 18 heavy (non-hydrogen) atoms. The normalized spacial score (nSPS) is 7.17. The van der Waals surface area contributed by atoms with Crippen LogP contribution in [0, 0.1) is 13.0 Å². The van der Waals surface area contributed by atoms with Crippen LogP contribution < -0.4 is 0 Å². The Morgan fingerprint density at radius 3 is 1.72 bits per heavy atom. The quantitative estimate of drug-likeness (QED) is 0.514. The number of rotatable bonds is 0. The molecule has 0 amide bonds. The van der Waals surface area contributed by atoms with Gasteiger partial charge in [-0.2, -0.15) is 18.2 Å². The number of aromatic nitrogens is 1. The number of hydrogen-bond acceptors (Lipinski definition) is 2. The number of hydrogen-bond donors (Lipinski definition) is 3. The van der Waals surface area contributed by atoms with Gasteiger partial charge in [0, 0.05) is 13.2 Å². The van der Waals surface area contributed by atoms with Gasteiger partial charge >= 0.3 is 21.7 Å². The third-order valence-corrected chi connectivity index (χ3v) is 1.24. The van der Waals surface area contributed by atoms with E-state index in [4.69, 9.17) is 10.2 Å². The molecular formula is C14H23NO2Ti. The van der Waals surface area contributed by atoms with Gasteiger partial charge in [0.25, 0.3) is 0 Å². The van der Waals surface area contributed by atoms with Crippen molar-refractivity contribution in [1.29, 1.82) is 0 Å². The van der Waals surface area contributed by atoms with Crippen LogP contribution in [0.2, 0.25) is 0 Å². The Balaban J connectivity index is -0.000000173. The van der Waals surface area contributed by atoms with Crippen LogP contribution in [0.25, 0.3) is 0 Å². The van der Waals surface area contributed by atoms with Crippen LogP contribution in [0.1, 0.15) is 19.5 Å². The van der Waals surface area contributed by atoms with Gasteiger partial charge in [0.05, 0.1) is 0 Å². The molecule has 3 nitrogen and oxygen atoms in total. The van der Waals surface area contributed by atoms with Crippen molar-refractivity contribution in [3.63, 3.8) is 0 Å². The van der Waals surface area contributed by atoms with Crippen molar-refractivity contribution in [3.05, 3.63) is 54.4 Å². The van der Waals surface area contributed by atoms with Gasteiger partial charge < -0.3 is 15.2 Å². The molecule has 0 spiro atoms. The van der Waals surface area contributed by atoms with Gasteiger partial charge in [0.2, 0.25) is 0 Å². The second kappa shape index (κ2) is 21.5. The summed E-state index contributed by atoms with van der Waals surface area (Å²) in [4.78, 5) is 2.94. The summed E-state index contributed by atoms with van der Waals surface area (Å²) < 4.78 is 0. The van der Waals surface area contributed by atoms with E-state index in [0.717, 1.165) is 5.69 Å². The van der Waals surface area contributed by atoms with E-state index < -0.39 is 0 Å². The molecule has 1 aromatic carbocycles. The van der Waals surface area contributed by atoms with Gasteiger partial charge in [0.15, 0.2) is 0 Å². The fourth-order valence-electron chi connectivity index (χ4n) is 0.696. The molecular weight excluding hydrogens is 262 g/mol. The van der Waals surface area contributed by atoms with Crippen molar-refractivity contribution in [2.24, 2.45) is 0 Å². The summed E-state index contributed by atoms with van der Waals surface area (Å²) in [5.41, 5.74) is 1.09. The van der Waals surface area contributed by atoms with E-state index in [9.17, 15) is 0 Å². The topological polar surface area (TPSA) is 56.2 Å². The van der Waals surface area contributed by atoms with Crippen molar-refractivity contribution in [2.45, 2.75) is 20.8 Å². The van der Waals surface area contributed by atoms with Gasteiger partial charge in [-0.05, 0) is 20.8 Å². The molecule has 0 atom stereocenters. The molecule has 0 saturated heterocycles. The van der Waals surface area contributed by atoms with Crippen molar-refractivity contribution >= 4 is 0 Å². The maximum atomic E-state index is 7.57. The Kier molecular flexibility index (Phi) is 26.9. The molecule has 0 aliphatic heterocycles. The zero-order valence-corrected chi connectivity index (χ0v) is 12.9. The molecule has 2 aromatic rings. The number of nitrogens with one attached hydrogen (secondary N) is 1. The SMILES string of the molecule is CCO.CCO.Cc1[c-]cc[nH]1.[Ti+2].c1cc[cH-]c1. The molecule has 0 aliphatic carbocycles. The average Bonchev–Trinajstić information content (AvgIpc) is 2.94. The van der Waals surface area contributed by atoms with Crippen LogP contribution in [0.3, 0.4) is 0 Å². The Morgan fingerprint density at radius 1 is 1.17 bits per heavy atom. The smallest absolute Gasteiger partial charge is 0.459 e. The maximum absolute atomic E-state index is 7.57. The first-order valence-electron chi connectivity index (χ1n) is 5.62. The molecule has 4 heteroatoms. The first kappa shape index (κ1) is 22.4. The zero-order valence-electron chi connectivity index (χ0n) is 11.4. The largest absolute Gasteiger partial charge is 2.00 e. The van der Waals surface area contributed by atoms with Crippen LogP contribution in [0.4, 0.5) is 0 Å². The molecule has 3 N–H and O–H groups in total. The number of aliphatic hydroxyl groups excluding tert-OH is 2. The minimum Gasteiger partial charge on any atom is -0.459 e. The van der Waals surface area contributed by atoms with Crippen molar-refractivity contribution < 1.29 is 31.9 Å². The van der Waals surface area contributed by atoms with Crippen molar-refractivity contribution in [1.82, 2.24) is 4.98 Å². The summed E-state index contributed by atoms with van der Waals surface area (Å²) in [6, 6.07) is 14.8. The van der Waals surface area contributed by atoms with Crippen LogP contribution in [0.5, 0.6) is 0 Å². The van der Waals surface area contributed by atoms with Crippen LogP contribution in [-0.2, 0) is 21.7 Å². The molecule has 0 fully saturated rings. The summed E-state index contributed by atoms with van der Waals surface area (Å²) in [6.07, 6.45) is 1.86. The fourth-order valence-corrected chi connectivity index (χ4v) is 0.696. The molecule has 0 bridgehead atoms. The minimum absolute atomic E-state index is 0. The van der Waals surface area contributed by atoms with Crippen molar-refractivity contribution in [3.8, 4) is 0 Å². The Bertz CT molecular complexity index is 261. The van der Waals surface area contributed by atoms with E-state index in [2.05, 4.69) is 11.1 Å². The van der Waals surface area contributed by atoms with E-state index in [1.54, 1.807) is 13.8 Å². The Labute approximate surface area is 125 Å². The van der Waals surface area contributed by atoms with E-state index in [1.807, 2.05) is 49.5 Å². The molecule has 0 saturated carbocycles. The second-order valence-corrected chi connectivity index (χ2v) is 2.84. The number of aliphatic hydroxyl groups is 2. The van der Waals surface area contributed by atoms with E-state index in [1.165, 1.54) is 0 Å². The van der Waals surface area contributed by atoms with Crippen LogP contribution in [-0.4, -0.2) is 28.4 Å². The minimum atomic E-state index is 0. The molecule has 0 aliphatic rings. The Morgan fingerprint density at radius 2 is 1.61 bits per heavy atom. The summed E-state index contributed by atoms with van der Waals surface area (Å²) in [7, 11) is 0. The summed E-state index contributed by atoms with van der Waals surface area (Å²) in [5, 5.41) is 15.1. The van der Waals surface area contributed by atoms with Crippen LogP contribution >= 0.6 is 0 Å². The molecule has 1 aromatic heterocycles. The van der Waals surface area contributed by atoms with E-state index in [-0.39, 0.29) is 34.9 Å². The monoisotopic (exact) mass is 285 g/mol. The molecule has 1 heterocycles. The second-order valence-electron chi connectivity index (χ2n) is 2.84. The first-order chi connectivity index (χ1) is 8.22. The predicted molar refractivity (Wildman–Crippen MR) is 71.9 cm³/mol. The summed E-state index contributed by atoms with van der Waals surface area (Å²) in [5.74, 6) is 0. The molecule has 0 radical (unpaired) electrons. The van der Waals surface area contributed by atoms with E-state index in [0.29, 0.717) is 0 Å². The third-order valence-electron chi connectivity index (χ3n) is 1.24. The first-order valence-corrected chi connectivity index (χ1v) is 5.62. The van der Waals surface area contributed by atoms with Gasteiger partial charge in [0.1, 0.15) is 0 Å². The number of aromatic amines is 1. The molecule has 100 valence electrons. The number of aryl methyl sites for hydroxylation is 1. The molecule has 2 rings (SSSR count). The number of H-pyrrole nitrogens is 1. The standard InChI is InChI=1S/C5H6N.C5H5.2C2H6O.Ti/c1-5-3-2-4-6-5;1-2-4-5-3-1;2*1-2-3;/h2,4,6H,1H3;1-5H;2*3H,2H2,1H3;/q2*-1;;;+2. The zero-order chi connectivity index (χ0) is 13.4. The third kappa shape index (κ3) is 24.5. The van der Waals surface area contributed by atoms with Gasteiger partial charge in [-0.15, -0.1) is 6.20 Å². The maximum Gasteiger partial charge on any atom is 2.00 e.